The largest absolute Gasteiger partial charge is 0.288 e. The highest BCUT2D eigenvalue weighted by molar-refractivity contribution is 7.80. The molecule has 2 aliphatic rings. The quantitative estimate of drug-likeness (QED) is 0.323. The average molecular weight is 503 g/mol. The zero-order valence-electron chi connectivity index (χ0n) is 20.7. The number of hydrogen-bond donors (Lipinski definition) is 0. The molecule has 2 heterocycles. The van der Waals surface area contributed by atoms with Crippen LogP contribution in [0.4, 0.5) is 11.4 Å². The van der Waals surface area contributed by atoms with Crippen molar-refractivity contribution in [1.29, 1.82) is 0 Å². The number of para-hydroxylation sites is 2. The highest BCUT2D eigenvalue weighted by Crippen LogP contribution is 2.51. The fourth-order valence-electron chi connectivity index (χ4n) is 5.41. The Morgan fingerprint density at radius 2 is 1.30 bits per heavy atom. The molecule has 0 radical (unpaired) electrons. The maximum atomic E-state index is 14.6. The van der Waals surface area contributed by atoms with Crippen LogP contribution in [0.5, 0.6) is 0 Å². The summed E-state index contributed by atoms with van der Waals surface area (Å²) in [6.07, 6.45) is 0. The van der Waals surface area contributed by atoms with E-state index in [0.717, 1.165) is 33.8 Å². The molecule has 182 valence electrons. The molecular formula is C31H26N4OS. The molecule has 4 aromatic rings. The van der Waals surface area contributed by atoms with E-state index in [4.69, 9.17) is 17.3 Å². The van der Waals surface area contributed by atoms with Crippen molar-refractivity contribution in [3.8, 4) is 0 Å². The van der Waals surface area contributed by atoms with E-state index in [-0.39, 0.29) is 5.91 Å². The zero-order chi connectivity index (χ0) is 25.6. The molecule has 2 unspecified atom stereocenters. The highest BCUT2D eigenvalue weighted by atomic mass is 32.1. The summed E-state index contributed by atoms with van der Waals surface area (Å²) in [4.78, 5) is 18.2. The second-order valence-electron chi connectivity index (χ2n) is 9.39. The molecular weight excluding hydrogens is 476 g/mol. The summed E-state index contributed by atoms with van der Waals surface area (Å²) in [5, 5.41) is 7.56. The number of hydrazone groups is 1. The Bertz CT molecular complexity index is 1490. The van der Waals surface area contributed by atoms with E-state index < -0.39 is 11.6 Å². The maximum absolute atomic E-state index is 14.6. The lowest BCUT2D eigenvalue weighted by molar-refractivity contribution is -0.129. The number of thiocarbonyl (C=S) groups is 1. The van der Waals surface area contributed by atoms with Crippen molar-refractivity contribution < 1.29 is 4.79 Å². The monoisotopic (exact) mass is 502 g/mol. The minimum atomic E-state index is -1.27. The fraction of sp³-hybridized carbons (Fsp3) is 0.129. The van der Waals surface area contributed by atoms with E-state index in [1.165, 1.54) is 0 Å². The molecule has 2 atom stereocenters. The van der Waals surface area contributed by atoms with E-state index in [0.29, 0.717) is 5.11 Å². The number of nitrogens with zero attached hydrogens (tertiary/aromatic N) is 4. The molecule has 1 amide bonds. The molecule has 5 nitrogen and oxygen atoms in total. The van der Waals surface area contributed by atoms with Crippen molar-refractivity contribution in [3.05, 3.63) is 132 Å². The molecule has 1 fully saturated rings. The molecule has 0 aliphatic carbocycles. The van der Waals surface area contributed by atoms with Crippen LogP contribution < -0.4 is 9.91 Å². The fourth-order valence-corrected chi connectivity index (χ4v) is 5.74. The van der Waals surface area contributed by atoms with Crippen molar-refractivity contribution in [2.45, 2.75) is 18.5 Å². The summed E-state index contributed by atoms with van der Waals surface area (Å²) >= 11 is 5.97. The van der Waals surface area contributed by atoms with Crippen LogP contribution >= 0.6 is 12.2 Å². The van der Waals surface area contributed by atoms with E-state index in [9.17, 15) is 4.79 Å². The molecule has 0 aromatic heterocycles. The molecule has 1 saturated heterocycles. The Labute approximate surface area is 222 Å². The van der Waals surface area contributed by atoms with E-state index in [2.05, 4.69) is 43.3 Å². The molecule has 37 heavy (non-hydrogen) atoms. The smallest absolute Gasteiger partial charge is 0.278 e. The minimum absolute atomic E-state index is 0.120. The van der Waals surface area contributed by atoms with E-state index in [1.807, 2.05) is 88.8 Å². The molecule has 0 saturated carbocycles. The molecule has 6 rings (SSSR count). The predicted molar refractivity (Wildman–Crippen MR) is 153 cm³/mol. The Balaban J connectivity index is 1.70. The topological polar surface area (TPSA) is 39.2 Å². The van der Waals surface area contributed by atoms with Gasteiger partial charge < -0.3 is 0 Å². The first kappa shape index (κ1) is 23.1. The molecule has 4 aromatic carbocycles. The summed E-state index contributed by atoms with van der Waals surface area (Å²) in [6, 6.07) is 38.3. The third kappa shape index (κ3) is 3.48. The van der Waals surface area contributed by atoms with Gasteiger partial charge in [0, 0.05) is 12.7 Å². The van der Waals surface area contributed by atoms with Crippen LogP contribution in [0.1, 0.15) is 22.6 Å². The van der Waals surface area contributed by atoms with Crippen LogP contribution in [0, 0.1) is 6.92 Å². The SMILES string of the molecule is Cc1ccc(C2C(c3ccccc3)=NN(c3ccccc3)C23C(=O)N(C)C(=S)N3c2ccccc2)cc1. The van der Waals surface area contributed by atoms with Crippen LogP contribution in [0.2, 0.25) is 0 Å². The normalized spacial score (nSPS) is 21.2. The molecule has 6 heteroatoms. The number of anilines is 2. The summed E-state index contributed by atoms with van der Waals surface area (Å²) in [5.74, 6) is -0.545. The van der Waals surface area contributed by atoms with Gasteiger partial charge in [0.1, 0.15) is 0 Å². The maximum Gasteiger partial charge on any atom is 0.278 e. The standard InChI is InChI=1S/C31H26N4OS/c1-22-18-20-23(21-19-22)27-28(24-12-6-3-7-13-24)32-35(26-16-10-5-11-17-26)31(27)29(36)33(2)30(37)34(31)25-14-8-4-9-15-25/h3-21,27H,1-2H3. The number of amides is 1. The lowest BCUT2D eigenvalue weighted by Crippen LogP contribution is -2.63. The Kier molecular flexibility index (Phi) is 5.61. The molecule has 1 spiro atoms. The predicted octanol–water partition coefficient (Wildman–Crippen LogP) is 5.96. The average Bonchev–Trinajstić information content (AvgIpc) is 3.39. The van der Waals surface area contributed by atoms with Gasteiger partial charge in [-0.3, -0.25) is 14.6 Å². The van der Waals surface area contributed by atoms with Gasteiger partial charge in [-0.2, -0.15) is 5.10 Å². The van der Waals surface area contributed by atoms with Crippen molar-refractivity contribution in [2.75, 3.05) is 17.0 Å². The van der Waals surface area contributed by atoms with E-state index in [1.54, 1.807) is 11.9 Å². The lowest BCUT2D eigenvalue weighted by atomic mass is 9.79. The van der Waals surface area contributed by atoms with Crippen molar-refractivity contribution in [2.24, 2.45) is 5.10 Å². The summed E-state index contributed by atoms with van der Waals surface area (Å²) in [5.41, 5.74) is 4.33. The van der Waals surface area contributed by atoms with Gasteiger partial charge in [-0.25, -0.2) is 5.01 Å². The van der Waals surface area contributed by atoms with Gasteiger partial charge in [-0.1, -0.05) is 96.6 Å². The first-order valence-corrected chi connectivity index (χ1v) is 12.7. The summed E-state index contributed by atoms with van der Waals surface area (Å²) in [6.45, 7) is 2.07. The van der Waals surface area contributed by atoms with Gasteiger partial charge in [0.05, 0.1) is 17.3 Å². The van der Waals surface area contributed by atoms with Gasteiger partial charge in [-0.15, -0.1) is 0 Å². The number of benzene rings is 4. The van der Waals surface area contributed by atoms with Crippen molar-refractivity contribution >= 4 is 40.3 Å². The van der Waals surface area contributed by atoms with Gasteiger partial charge in [0.25, 0.3) is 5.91 Å². The highest BCUT2D eigenvalue weighted by Gasteiger charge is 2.68. The van der Waals surface area contributed by atoms with Crippen LogP contribution in [-0.2, 0) is 4.79 Å². The van der Waals surface area contributed by atoms with Crippen LogP contribution in [0.15, 0.2) is 120 Å². The first-order chi connectivity index (χ1) is 18.0. The lowest BCUT2D eigenvalue weighted by Gasteiger charge is -2.43. The second-order valence-corrected chi connectivity index (χ2v) is 9.75. The number of hydrogen-bond acceptors (Lipinski definition) is 4. The number of aryl methyl sites for hydroxylation is 1. The number of carbonyl (C=O) groups excluding carboxylic acids is 1. The number of carbonyl (C=O) groups is 1. The van der Waals surface area contributed by atoms with Crippen molar-refractivity contribution in [1.82, 2.24) is 4.90 Å². The first-order valence-electron chi connectivity index (χ1n) is 12.3. The Morgan fingerprint density at radius 3 is 1.89 bits per heavy atom. The van der Waals surface area contributed by atoms with Gasteiger partial charge >= 0.3 is 0 Å². The van der Waals surface area contributed by atoms with Crippen molar-refractivity contribution in [3.63, 3.8) is 0 Å². The Morgan fingerprint density at radius 1 is 0.757 bits per heavy atom. The van der Waals surface area contributed by atoms with Gasteiger partial charge in [-0.05, 0) is 54.5 Å². The van der Waals surface area contributed by atoms with Crippen LogP contribution in [0.25, 0.3) is 0 Å². The third-order valence-corrected chi connectivity index (χ3v) is 7.60. The summed E-state index contributed by atoms with van der Waals surface area (Å²) in [7, 11) is 1.76. The second kappa shape index (κ2) is 8.98. The molecule has 2 aliphatic heterocycles. The molecule has 0 N–H and O–H groups in total. The Hall–Kier alpha value is -4.29. The zero-order valence-corrected chi connectivity index (χ0v) is 21.5. The minimum Gasteiger partial charge on any atom is -0.288 e. The molecule has 0 bridgehead atoms. The van der Waals surface area contributed by atoms with Gasteiger partial charge in [0.15, 0.2) is 5.11 Å². The number of likely N-dealkylation sites (N-methyl/N-ethyl adjacent to an activating group) is 1. The number of rotatable bonds is 4. The van der Waals surface area contributed by atoms with E-state index >= 15 is 0 Å². The third-order valence-electron chi connectivity index (χ3n) is 7.14. The van der Waals surface area contributed by atoms with Crippen LogP contribution in [0.3, 0.4) is 0 Å². The summed E-state index contributed by atoms with van der Waals surface area (Å²) < 4.78 is 0. The van der Waals surface area contributed by atoms with Gasteiger partial charge in [0.2, 0.25) is 5.66 Å². The van der Waals surface area contributed by atoms with Crippen LogP contribution in [-0.4, -0.2) is 34.3 Å².